The summed E-state index contributed by atoms with van der Waals surface area (Å²) < 4.78 is 12.4. The molecular formula is C42H40N2O2. The van der Waals surface area contributed by atoms with Gasteiger partial charge in [-0.15, -0.1) is 0 Å². The molecule has 0 bridgehead atoms. The molecule has 0 spiro atoms. The Bertz CT molecular complexity index is 1630. The van der Waals surface area contributed by atoms with Gasteiger partial charge < -0.3 is 19.3 Å². The lowest BCUT2D eigenvalue weighted by atomic mass is 10.1. The predicted octanol–water partition coefficient (Wildman–Crippen LogP) is 11.3. The van der Waals surface area contributed by atoms with E-state index in [9.17, 15) is 0 Å². The van der Waals surface area contributed by atoms with Gasteiger partial charge in [-0.1, -0.05) is 82.9 Å². The molecule has 0 radical (unpaired) electrons. The van der Waals surface area contributed by atoms with E-state index in [1.54, 1.807) is 0 Å². The van der Waals surface area contributed by atoms with Crippen LogP contribution < -0.4 is 19.3 Å². The lowest BCUT2D eigenvalue weighted by Gasteiger charge is -2.26. The molecule has 0 aliphatic heterocycles. The molecule has 6 rings (SSSR count). The fourth-order valence-corrected chi connectivity index (χ4v) is 5.41. The first-order valence-corrected chi connectivity index (χ1v) is 15.8. The maximum atomic E-state index is 6.21. The number of aryl methyl sites for hydroxylation is 4. The largest absolute Gasteiger partial charge is 0.490 e. The highest BCUT2D eigenvalue weighted by Gasteiger charge is 2.15. The van der Waals surface area contributed by atoms with Crippen molar-refractivity contribution in [2.75, 3.05) is 23.0 Å². The van der Waals surface area contributed by atoms with E-state index in [0.29, 0.717) is 13.2 Å². The molecule has 0 N–H and O–H groups in total. The monoisotopic (exact) mass is 604 g/mol. The third-order valence-electron chi connectivity index (χ3n) is 7.94. The molecule has 0 heterocycles. The van der Waals surface area contributed by atoms with Crippen LogP contribution in [0.25, 0.3) is 0 Å². The van der Waals surface area contributed by atoms with Crippen molar-refractivity contribution < 1.29 is 9.47 Å². The zero-order valence-corrected chi connectivity index (χ0v) is 27.0. The van der Waals surface area contributed by atoms with Crippen LogP contribution in [0.2, 0.25) is 0 Å². The molecule has 46 heavy (non-hydrogen) atoms. The number of ether oxygens (including phenoxy) is 2. The van der Waals surface area contributed by atoms with E-state index in [0.717, 1.165) is 45.6 Å². The Labute approximate surface area is 273 Å². The number of benzene rings is 6. The van der Waals surface area contributed by atoms with E-state index in [2.05, 4.69) is 159 Å². The molecule has 0 unspecified atom stereocenters. The van der Waals surface area contributed by atoms with E-state index in [4.69, 9.17) is 9.47 Å². The van der Waals surface area contributed by atoms with E-state index in [1.165, 1.54) is 22.3 Å². The minimum atomic E-state index is 0.419. The molecule has 0 aliphatic rings. The summed E-state index contributed by atoms with van der Waals surface area (Å²) in [7, 11) is 0. The Hall–Kier alpha value is -5.48. The van der Waals surface area contributed by atoms with Crippen molar-refractivity contribution in [3.63, 3.8) is 0 Å². The molecular weight excluding hydrogens is 564 g/mol. The first-order valence-electron chi connectivity index (χ1n) is 15.8. The second-order valence-electron chi connectivity index (χ2n) is 11.7. The Morgan fingerprint density at radius 2 is 0.630 bits per heavy atom. The van der Waals surface area contributed by atoms with Crippen molar-refractivity contribution in [3.8, 4) is 11.5 Å². The lowest BCUT2D eigenvalue weighted by Crippen LogP contribution is -2.12. The molecule has 6 aromatic carbocycles. The smallest absolute Gasteiger partial charge is 0.122 e. The van der Waals surface area contributed by atoms with Gasteiger partial charge in [0.2, 0.25) is 0 Å². The fraction of sp³-hybridized carbons (Fsp3) is 0.143. The summed E-state index contributed by atoms with van der Waals surface area (Å²) in [6.07, 6.45) is 0. The maximum Gasteiger partial charge on any atom is 0.122 e. The van der Waals surface area contributed by atoms with Crippen molar-refractivity contribution >= 4 is 34.1 Å². The third kappa shape index (κ3) is 7.41. The van der Waals surface area contributed by atoms with Gasteiger partial charge in [0.15, 0.2) is 0 Å². The second-order valence-corrected chi connectivity index (χ2v) is 11.7. The molecule has 0 saturated carbocycles. The Morgan fingerprint density at radius 3 is 0.913 bits per heavy atom. The topological polar surface area (TPSA) is 24.9 Å². The number of hydrogen-bond acceptors (Lipinski definition) is 4. The van der Waals surface area contributed by atoms with Crippen LogP contribution in [0.4, 0.5) is 34.1 Å². The van der Waals surface area contributed by atoms with Gasteiger partial charge in [-0.05, 0) is 100 Å². The van der Waals surface area contributed by atoms with Gasteiger partial charge >= 0.3 is 0 Å². The lowest BCUT2D eigenvalue weighted by molar-refractivity contribution is 0.217. The number of rotatable bonds is 11. The Morgan fingerprint density at radius 1 is 0.348 bits per heavy atom. The van der Waals surface area contributed by atoms with E-state index in [-0.39, 0.29) is 0 Å². The summed E-state index contributed by atoms with van der Waals surface area (Å²) in [5, 5.41) is 0. The molecule has 6 aromatic rings. The van der Waals surface area contributed by atoms with Crippen LogP contribution >= 0.6 is 0 Å². The highest BCUT2D eigenvalue weighted by molar-refractivity contribution is 5.78. The molecule has 4 heteroatoms. The van der Waals surface area contributed by atoms with Crippen molar-refractivity contribution in [2.24, 2.45) is 0 Å². The quantitative estimate of drug-likeness (QED) is 0.137. The van der Waals surface area contributed by atoms with E-state index < -0.39 is 0 Å². The van der Waals surface area contributed by atoms with Gasteiger partial charge in [-0.25, -0.2) is 0 Å². The number of nitrogens with zero attached hydrogens (tertiary/aromatic N) is 2. The van der Waals surface area contributed by atoms with Crippen LogP contribution in [-0.4, -0.2) is 13.2 Å². The average Bonchev–Trinajstić information content (AvgIpc) is 3.07. The first-order chi connectivity index (χ1) is 22.4. The zero-order chi connectivity index (χ0) is 31.9. The minimum absolute atomic E-state index is 0.419. The van der Waals surface area contributed by atoms with Gasteiger partial charge in [0.1, 0.15) is 24.7 Å². The molecule has 0 aromatic heterocycles. The minimum Gasteiger partial charge on any atom is -0.490 e. The summed E-state index contributed by atoms with van der Waals surface area (Å²) >= 11 is 0. The molecule has 0 atom stereocenters. The van der Waals surface area contributed by atoms with E-state index >= 15 is 0 Å². The van der Waals surface area contributed by atoms with Crippen molar-refractivity contribution in [1.82, 2.24) is 0 Å². The zero-order valence-electron chi connectivity index (χ0n) is 27.0. The van der Waals surface area contributed by atoms with E-state index in [1.807, 2.05) is 24.3 Å². The molecule has 0 fully saturated rings. The predicted molar refractivity (Wildman–Crippen MR) is 192 cm³/mol. The fourth-order valence-electron chi connectivity index (χ4n) is 5.41. The normalized spacial score (nSPS) is 10.8. The van der Waals surface area contributed by atoms with Gasteiger partial charge in [0.05, 0.1) is 0 Å². The Balaban J connectivity index is 1.16. The highest BCUT2D eigenvalue weighted by Crippen LogP contribution is 2.37. The van der Waals surface area contributed by atoms with Crippen molar-refractivity contribution in [1.29, 1.82) is 0 Å². The SMILES string of the molecule is Cc1ccc(N(c2ccc(C)cc2)c2cccc(OCCOc3cccc(N(c4ccc(C)cc4)c4ccc(C)cc4)c3)c2)cc1. The molecule has 0 amide bonds. The van der Waals surface area contributed by atoms with Crippen molar-refractivity contribution in [2.45, 2.75) is 27.7 Å². The first kappa shape index (κ1) is 30.5. The van der Waals surface area contributed by atoms with Crippen LogP contribution in [0.5, 0.6) is 11.5 Å². The molecule has 230 valence electrons. The summed E-state index contributed by atoms with van der Waals surface area (Å²) in [5.41, 5.74) is 11.4. The van der Waals surface area contributed by atoms with Gasteiger partial charge in [-0.3, -0.25) is 0 Å². The third-order valence-corrected chi connectivity index (χ3v) is 7.94. The molecule has 4 nitrogen and oxygen atoms in total. The van der Waals surface area contributed by atoms with Gasteiger partial charge in [0, 0.05) is 46.3 Å². The summed E-state index contributed by atoms with van der Waals surface area (Å²) in [4.78, 5) is 4.50. The highest BCUT2D eigenvalue weighted by atomic mass is 16.5. The van der Waals surface area contributed by atoms with Gasteiger partial charge in [-0.2, -0.15) is 0 Å². The molecule has 0 saturated heterocycles. The van der Waals surface area contributed by atoms with Crippen molar-refractivity contribution in [3.05, 3.63) is 168 Å². The summed E-state index contributed by atoms with van der Waals surface area (Å²) in [5.74, 6) is 1.59. The summed E-state index contributed by atoms with van der Waals surface area (Å²) in [6, 6.07) is 50.8. The van der Waals surface area contributed by atoms with Gasteiger partial charge in [0.25, 0.3) is 0 Å². The van der Waals surface area contributed by atoms with Crippen LogP contribution in [-0.2, 0) is 0 Å². The van der Waals surface area contributed by atoms with Crippen LogP contribution in [0.3, 0.4) is 0 Å². The van der Waals surface area contributed by atoms with Crippen LogP contribution in [0.1, 0.15) is 22.3 Å². The number of hydrogen-bond donors (Lipinski definition) is 0. The Kier molecular flexibility index (Phi) is 9.35. The second kappa shape index (κ2) is 14.1. The summed E-state index contributed by atoms with van der Waals surface area (Å²) in [6.45, 7) is 9.27. The number of anilines is 6. The van der Waals surface area contributed by atoms with Crippen LogP contribution in [0, 0.1) is 27.7 Å². The molecule has 0 aliphatic carbocycles. The maximum absolute atomic E-state index is 6.21. The standard InChI is InChI=1S/C42H40N2O2/c1-31-11-19-35(20-12-31)43(36-21-13-32(2)14-22-36)39-7-5-9-41(29-39)45-27-28-46-42-10-6-8-40(30-42)44(37-23-15-33(3)16-24-37)38-25-17-34(4)18-26-38/h5-26,29-30H,27-28H2,1-4H3. The van der Waals surface area contributed by atoms with Crippen LogP contribution in [0.15, 0.2) is 146 Å². The average molecular weight is 605 g/mol.